The maximum atomic E-state index is 10.7. The van der Waals surface area contributed by atoms with Crippen molar-refractivity contribution in [2.45, 2.75) is 44.6 Å². The van der Waals surface area contributed by atoms with Gasteiger partial charge in [-0.15, -0.1) is 0 Å². The van der Waals surface area contributed by atoms with E-state index in [0.717, 1.165) is 24.8 Å². The highest BCUT2D eigenvalue weighted by atomic mass is 16.3. The van der Waals surface area contributed by atoms with Crippen molar-refractivity contribution in [1.29, 1.82) is 0 Å². The van der Waals surface area contributed by atoms with E-state index in [4.69, 9.17) is 0 Å². The van der Waals surface area contributed by atoms with Gasteiger partial charge in [0.2, 0.25) is 0 Å². The molecule has 0 aromatic heterocycles. The Labute approximate surface area is 126 Å². The van der Waals surface area contributed by atoms with E-state index in [9.17, 15) is 5.11 Å². The molecule has 108 valence electrons. The number of fused-ring (bicyclic) bond motifs is 2. The lowest BCUT2D eigenvalue weighted by atomic mass is 9.78. The third-order valence-electron chi connectivity index (χ3n) is 5.27. The summed E-state index contributed by atoms with van der Waals surface area (Å²) in [5.41, 5.74) is 6.95. The van der Waals surface area contributed by atoms with Crippen LogP contribution in [0.3, 0.4) is 0 Å². The molecule has 0 fully saturated rings. The molecule has 1 N–H and O–H groups in total. The monoisotopic (exact) mass is 278 g/mol. The summed E-state index contributed by atoms with van der Waals surface area (Å²) in [4.78, 5) is 0. The first-order valence-corrected chi connectivity index (χ1v) is 8.18. The van der Waals surface area contributed by atoms with Gasteiger partial charge >= 0.3 is 0 Å². The van der Waals surface area contributed by atoms with E-state index in [1.807, 2.05) is 6.07 Å². The van der Waals surface area contributed by atoms with Crippen molar-refractivity contribution in [1.82, 2.24) is 0 Å². The second kappa shape index (κ2) is 5.31. The van der Waals surface area contributed by atoms with Gasteiger partial charge in [-0.1, -0.05) is 42.5 Å². The Balaban J connectivity index is 1.56. The molecule has 1 heteroatoms. The number of aliphatic hydroxyl groups is 1. The number of aliphatic hydroxyl groups excluding tert-OH is 1. The lowest BCUT2D eigenvalue weighted by molar-refractivity contribution is 0.0936. The quantitative estimate of drug-likeness (QED) is 0.880. The van der Waals surface area contributed by atoms with Gasteiger partial charge in [-0.3, -0.25) is 0 Å². The molecule has 21 heavy (non-hydrogen) atoms. The smallest absolute Gasteiger partial charge is 0.0824 e. The predicted molar refractivity (Wildman–Crippen MR) is 85.4 cm³/mol. The molecule has 2 aromatic rings. The Kier molecular flexibility index (Phi) is 3.31. The lowest BCUT2D eigenvalue weighted by Crippen LogP contribution is -2.22. The van der Waals surface area contributed by atoms with Crippen LogP contribution in [0.25, 0.3) is 0 Å². The van der Waals surface area contributed by atoms with Crippen LogP contribution < -0.4 is 0 Å². The van der Waals surface area contributed by atoms with Crippen LogP contribution in [-0.4, -0.2) is 5.11 Å². The summed E-state index contributed by atoms with van der Waals surface area (Å²) < 4.78 is 0. The van der Waals surface area contributed by atoms with Crippen LogP contribution >= 0.6 is 0 Å². The molecular weight excluding hydrogens is 256 g/mol. The van der Waals surface area contributed by atoms with Crippen molar-refractivity contribution in [3.8, 4) is 0 Å². The first-order chi connectivity index (χ1) is 10.3. The second-order valence-electron chi connectivity index (χ2n) is 6.60. The normalized spacial score (nSPS) is 23.7. The van der Waals surface area contributed by atoms with Crippen LogP contribution in [0.1, 0.15) is 46.8 Å². The van der Waals surface area contributed by atoms with Crippen molar-refractivity contribution >= 4 is 0 Å². The summed E-state index contributed by atoms with van der Waals surface area (Å²) in [7, 11) is 0. The van der Waals surface area contributed by atoms with E-state index in [1.165, 1.54) is 41.5 Å². The van der Waals surface area contributed by atoms with E-state index < -0.39 is 0 Å². The van der Waals surface area contributed by atoms with E-state index in [1.54, 1.807) is 0 Å². The summed E-state index contributed by atoms with van der Waals surface area (Å²) in [5.74, 6) is 0.361. The highest BCUT2D eigenvalue weighted by Gasteiger charge is 2.27. The molecule has 0 aliphatic heterocycles. The van der Waals surface area contributed by atoms with Gasteiger partial charge in [-0.25, -0.2) is 0 Å². The molecule has 2 aliphatic carbocycles. The summed E-state index contributed by atoms with van der Waals surface area (Å²) >= 11 is 0. The van der Waals surface area contributed by atoms with E-state index >= 15 is 0 Å². The molecule has 0 amide bonds. The van der Waals surface area contributed by atoms with Gasteiger partial charge in [0.25, 0.3) is 0 Å². The van der Waals surface area contributed by atoms with Gasteiger partial charge in [0.1, 0.15) is 0 Å². The minimum absolute atomic E-state index is 0.303. The van der Waals surface area contributed by atoms with Crippen molar-refractivity contribution < 1.29 is 5.11 Å². The first-order valence-electron chi connectivity index (χ1n) is 8.18. The number of aryl methyl sites for hydroxylation is 3. The number of rotatable bonds is 2. The van der Waals surface area contributed by atoms with Crippen LogP contribution in [0.4, 0.5) is 0 Å². The van der Waals surface area contributed by atoms with Crippen LogP contribution in [-0.2, 0) is 25.7 Å². The molecule has 0 saturated heterocycles. The molecule has 1 nitrogen and oxygen atoms in total. The summed E-state index contributed by atoms with van der Waals surface area (Å²) in [5, 5.41) is 10.7. The number of benzene rings is 2. The maximum Gasteiger partial charge on any atom is 0.0824 e. The number of hydrogen-bond donors (Lipinski definition) is 1. The van der Waals surface area contributed by atoms with Crippen molar-refractivity contribution in [3.05, 3.63) is 70.3 Å². The Morgan fingerprint density at radius 2 is 1.76 bits per heavy atom. The van der Waals surface area contributed by atoms with Gasteiger partial charge in [-0.05, 0) is 72.3 Å². The van der Waals surface area contributed by atoms with Gasteiger partial charge in [0.15, 0.2) is 0 Å². The Bertz CT molecular complexity index is 659. The zero-order valence-corrected chi connectivity index (χ0v) is 12.4. The molecule has 0 radical (unpaired) electrons. The van der Waals surface area contributed by atoms with Crippen LogP contribution in [0, 0.1) is 5.92 Å². The standard InChI is InChI=1S/C20H22O/c21-20-18(11-10-16-4-1-2-7-19(16)20)13-14-8-9-15-5-3-6-17(15)12-14/h1-2,4,7-9,12,18,20-21H,3,5-6,10-11,13H2. The minimum atomic E-state index is -0.303. The fourth-order valence-corrected chi connectivity index (χ4v) is 4.07. The minimum Gasteiger partial charge on any atom is -0.388 e. The first kappa shape index (κ1) is 13.1. The summed E-state index contributed by atoms with van der Waals surface area (Å²) in [6, 6.07) is 15.3. The zero-order valence-electron chi connectivity index (χ0n) is 12.4. The van der Waals surface area contributed by atoms with Crippen LogP contribution in [0.5, 0.6) is 0 Å². The molecule has 2 unspecified atom stereocenters. The van der Waals surface area contributed by atoms with Crippen molar-refractivity contribution in [2.75, 3.05) is 0 Å². The summed E-state index contributed by atoms with van der Waals surface area (Å²) in [6.07, 6.45) is 6.68. The molecule has 2 aliphatic rings. The molecule has 0 saturated carbocycles. The second-order valence-corrected chi connectivity index (χ2v) is 6.60. The molecule has 0 bridgehead atoms. The maximum absolute atomic E-state index is 10.7. The highest BCUT2D eigenvalue weighted by Crippen LogP contribution is 2.36. The molecule has 2 atom stereocenters. The molecule has 2 aromatic carbocycles. The molecule has 0 spiro atoms. The Morgan fingerprint density at radius 1 is 0.905 bits per heavy atom. The molecular formula is C20H22O. The average molecular weight is 278 g/mol. The van der Waals surface area contributed by atoms with Gasteiger partial charge < -0.3 is 5.11 Å². The molecule has 4 rings (SSSR count). The van der Waals surface area contributed by atoms with Crippen molar-refractivity contribution in [3.63, 3.8) is 0 Å². The summed E-state index contributed by atoms with van der Waals surface area (Å²) in [6.45, 7) is 0. The fraction of sp³-hybridized carbons (Fsp3) is 0.400. The molecule has 0 heterocycles. The topological polar surface area (TPSA) is 20.2 Å². The third-order valence-corrected chi connectivity index (χ3v) is 5.27. The Morgan fingerprint density at radius 3 is 2.71 bits per heavy atom. The predicted octanol–water partition coefficient (Wildman–Crippen LogP) is 4.01. The third kappa shape index (κ3) is 2.40. The van der Waals surface area contributed by atoms with Gasteiger partial charge in [0, 0.05) is 0 Å². The SMILES string of the molecule is OC1c2ccccc2CCC1Cc1ccc2c(c1)CCC2. The average Bonchev–Trinajstić information content (AvgIpc) is 2.98. The van der Waals surface area contributed by atoms with Gasteiger partial charge in [0.05, 0.1) is 6.10 Å². The largest absolute Gasteiger partial charge is 0.388 e. The van der Waals surface area contributed by atoms with E-state index in [2.05, 4.69) is 36.4 Å². The number of hydrogen-bond acceptors (Lipinski definition) is 1. The van der Waals surface area contributed by atoms with Crippen LogP contribution in [0.2, 0.25) is 0 Å². The van der Waals surface area contributed by atoms with E-state index in [-0.39, 0.29) is 6.10 Å². The van der Waals surface area contributed by atoms with E-state index in [0.29, 0.717) is 5.92 Å². The Hall–Kier alpha value is -1.60. The highest BCUT2D eigenvalue weighted by molar-refractivity contribution is 5.36. The zero-order chi connectivity index (χ0) is 14.2. The lowest BCUT2D eigenvalue weighted by Gasteiger charge is -2.30. The van der Waals surface area contributed by atoms with Crippen LogP contribution in [0.15, 0.2) is 42.5 Å². The fourth-order valence-electron chi connectivity index (χ4n) is 4.07. The van der Waals surface area contributed by atoms with Gasteiger partial charge in [-0.2, -0.15) is 0 Å². The van der Waals surface area contributed by atoms with Crippen molar-refractivity contribution in [2.24, 2.45) is 5.92 Å².